The molecule has 0 N–H and O–H groups in total. The van der Waals surface area contributed by atoms with Crippen LogP contribution in [0.2, 0.25) is 0 Å². The monoisotopic (exact) mass is 587 g/mol. The lowest BCUT2D eigenvalue weighted by molar-refractivity contribution is -0.938. The first-order valence-electron chi connectivity index (χ1n) is 15.1. The summed E-state index contributed by atoms with van der Waals surface area (Å²) < 4.78 is 28.2. The van der Waals surface area contributed by atoms with Crippen molar-refractivity contribution >= 4 is 21.8 Å². The van der Waals surface area contributed by atoms with Gasteiger partial charge in [0, 0.05) is 24.7 Å². The third-order valence-electron chi connectivity index (χ3n) is 8.36. The standard InChI is InChI=1S/C36H47N2O3S/c1-7-38(8-2,27-31-22-34(40-5)25-35(23-31)41-6)18-12-11-17-37(26-30-20-28(3)19-29(4)21-30)42(39)36-16-15-32-13-9-10-14-33(32)24-36/h9-10,13-16,19-25H,7-8,11-12,17-18,26-27H2,1-6H3/q+1. The first-order chi connectivity index (χ1) is 20.3. The van der Waals surface area contributed by atoms with Crippen LogP contribution in [0.25, 0.3) is 10.8 Å². The van der Waals surface area contributed by atoms with Gasteiger partial charge in [-0.05, 0) is 81.1 Å². The van der Waals surface area contributed by atoms with E-state index >= 15 is 0 Å². The summed E-state index contributed by atoms with van der Waals surface area (Å²) in [5, 5.41) is 2.29. The van der Waals surface area contributed by atoms with Crippen molar-refractivity contribution in [2.45, 2.75) is 58.5 Å². The highest BCUT2D eigenvalue weighted by atomic mass is 32.2. The van der Waals surface area contributed by atoms with Crippen LogP contribution in [-0.2, 0) is 24.1 Å². The van der Waals surface area contributed by atoms with Crippen molar-refractivity contribution in [1.82, 2.24) is 4.31 Å². The molecular formula is C36H47N2O3S+. The molecule has 0 saturated heterocycles. The van der Waals surface area contributed by atoms with E-state index in [4.69, 9.17) is 9.47 Å². The molecule has 1 atom stereocenters. The van der Waals surface area contributed by atoms with E-state index in [9.17, 15) is 4.21 Å². The third-order valence-corrected chi connectivity index (χ3v) is 9.80. The minimum atomic E-state index is -1.26. The molecular weight excluding hydrogens is 540 g/mol. The zero-order chi connectivity index (χ0) is 30.1. The number of benzene rings is 4. The molecule has 6 heteroatoms. The predicted octanol–water partition coefficient (Wildman–Crippen LogP) is 7.84. The van der Waals surface area contributed by atoms with Gasteiger partial charge in [-0.2, -0.15) is 0 Å². The van der Waals surface area contributed by atoms with Crippen LogP contribution in [0.15, 0.2) is 83.8 Å². The van der Waals surface area contributed by atoms with E-state index in [0.717, 1.165) is 71.8 Å². The smallest absolute Gasteiger partial charge is 0.127 e. The molecule has 0 bridgehead atoms. The van der Waals surface area contributed by atoms with E-state index in [1.807, 2.05) is 24.3 Å². The summed E-state index contributed by atoms with van der Waals surface area (Å²) in [7, 11) is 2.14. The number of nitrogens with zero attached hydrogens (tertiary/aromatic N) is 2. The summed E-state index contributed by atoms with van der Waals surface area (Å²) >= 11 is 0. The summed E-state index contributed by atoms with van der Waals surface area (Å²) in [4.78, 5) is 0.859. The Morgan fingerprint density at radius 1 is 0.738 bits per heavy atom. The van der Waals surface area contributed by atoms with Crippen LogP contribution in [0.5, 0.6) is 11.5 Å². The highest BCUT2D eigenvalue weighted by molar-refractivity contribution is 7.82. The molecule has 4 aromatic carbocycles. The van der Waals surface area contributed by atoms with Crippen LogP contribution >= 0.6 is 0 Å². The van der Waals surface area contributed by atoms with Crippen LogP contribution < -0.4 is 9.47 Å². The Labute approximate surface area is 255 Å². The summed E-state index contributed by atoms with van der Waals surface area (Å²) in [6, 6.07) is 27.3. The normalized spacial score (nSPS) is 12.5. The van der Waals surface area contributed by atoms with E-state index in [2.05, 4.69) is 86.6 Å². The third kappa shape index (κ3) is 8.21. The highest BCUT2D eigenvalue weighted by Gasteiger charge is 2.25. The number of fused-ring (bicyclic) bond motifs is 1. The summed E-state index contributed by atoms with van der Waals surface area (Å²) in [5.41, 5.74) is 4.91. The van der Waals surface area contributed by atoms with Crippen molar-refractivity contribution < 1.29 is 18.2 Å². The Kier molecular flexibility index (Phi) is 11.2. The Balaban J connectivity index is 1.49. The van der Waals surface area contributed by atoms with Crippen molar-refractivity contribution in [2.75, 3.05) is 40.4 Å². The minimum Gasteiger partial charge on any atom is -0.497 e. The quantitative estimate of drug-likeness (QED) is 0.105. The van der Waals surface area contributed by atoms with Crippen LogP contribution in [-0.4, -0.2) is 53.4 Å². The molecule has 42 heavy (non-hydrogen) atoms. The molecule has 0 aliphatic heterocycles. The number of methoxy groups -OCH3 is 2. The van der Waals surface area contributed by atoms with Crippen molar-refractivity contribution in [3.63, 3.8) is 0 Å². The van der Waals surface area contributed by atoms with Gasteiger partial charge in [0.1, 0.15) is 29.0 Å². The van der Waals surface area contributed by atoms with Gasteiger partial charge in [-0.15, -0.1) is 0 Å². The maximum atomic E-state index is 14.0. The Morgan fingerprint density at radius 3 is 2.00 bits per heavy atom. The average Bonchev–Trinajstić information content (AvgIpc) is 3.00. The Morgan fingerprint density at radius 2 is 1.38 bits per heavy atom. The molecule has 0 aliphatic carbocycles. The van der Waals surface area contributed by atoms with Gasteiger partial charge in [-0.25, -0.2) is 8.51 Å². The number of ether oxygens (including phenoxy) is 2. The fourth-order valence-electron chi connectivity index (χ4n) is 5.93. The SMILES string of the molecule is CC[N+](CC)(CCCCN(Cc1cc(C)cc(C)c1)S(=O)c1ccc2ccccc2c1)Cc1cc(OC)cc(OC)c1. The zero-order valence-electron chi connectivity index (χ0n) is 26.2. The lowest BCUT2D eigenvalue weighted by atomic mass is 10.1. The lowest BCUT2D eigenvalue weighted by Gasteiger charge is -2.37. The van der Waals surface area contributed by atoms with E-state index in [-0.39, 0.29) is 0 Å². The molecule has 0 aliphatic rings. The van der Waals surface area contributed by atoms with Crippen molar-refractivity contribution in [1.29, 1.82) is 0 Å². The number of quaternary nitrogens is 1. The van der Waals surface area contributed by atoms with Gasteiger partial charge in [0.05, 0.1) is 38.7 Å². The van der Waals surface area contributed by atoms with Crippen LogP contribution in [0.1, 0.15) is 48.9 Å². The molecule has 224 valence electrons. The van der Waals surface area contributed by atoms with Gasteiger partial charge in [0.15, 0.2) is 0 Å². The maximum absolute atomic E-state index is 14.0. The van der Waals surface area contributed by atoms with E-state index in [1.54, 1.807) is 14.2 Å². The van der Waals surface area contributed by atoms with Crippen LogP contribution in [0.4, 0.5) is 0 Å². The molecule has 0 fully saturated rings. The second-order valence-electron chi connectivity index (χ2n) is 11.4. The van der Waals surface area contributed by atoms with Crippen molar-refractivity contribution in [2.24, 2.45) is 0 Å². The molecule has 0 aromatic heterocycles. The number of unbranched alkanes of at least 4 members (excludes halogenated alkanes) is 1. The van der Waals surface area contributed by atoms with E-state index in [1.165, 1.54) is 27.6 Å². The van der Waals surface area contributed by atoms with Crippen molar-refractivity contribution in [3.05, 3.63) is 101 Å². The number of aryl methyl sites for hydroxylation is 2. The topological polar surface area (TPSA) is 38.8 Å². The molecule has 0 heterocycles. The fraction of sp³-hybridized carbons (Fsp3) is 0.389. The zero-order valence-corrected chi connectivity index (χ0v) is 27.0. The molecule has 1 unspecified atom stereocenters. The predicted molar refractivity (Wildman–Crippen MR) is 175 cm³/mol. The van der Waals surface area contributed by atoms with Gasteiger partial charge in [-0.3, -0.25) is 0 Å². The first-order valence-corrected chi connectivity index (χ1v) is 16.2. The van der Waals surface area contributed by atoms with E-state index < -0.39 is 11.0 Å². The molecule has 5 nitrogen and oxygen atoms in total. The number of hydrogen-bond donors (Lipinski definition) is 0. The molecule has 0 saturated carbocycles. The molecule has 0 spiro atoms. The Hall–Kier alpha value is -3.19. The van der Waals surface area contributed by atoms with Crippen molar-refractivity contribution in [3.8, 4) is 11.5 Å². The van der Waals surface area contributed by atoms with Gasteiger partial charge in [-0.1, -0.05) is 59.7 Å². The van der Waals surface area contributed by atoms with Gasteiger partial charge in [0.2, 0.25) is 0 Å². The fourth-order valence-corrected chi connectivity index (χ4v) is 7.20. The molecule has 4 rings (SSSR count). The average molecular weight is 588 g/mol. The Bertz CT molecular complexity index is 1460. The van der Waals surface area contributed by atoms with E-state index in [0.29, 0.717) is 6.54 Å². The van der Waals surface area contributed by atoms with Gasteiger partial charge >= 0.3 is 0 Å². The summed E-state index contributed by atoms with van der Waals surface area (Å²) in [6.07, 6.45) is 2.03. The van der Waals surface area contributed by atoms with Crippen LogP contribution in [0.3, 0.4) is 0 Å². The summed E-state index contributed by atoms with van der Waals surface area (Å²) in [6.45, 7) is 14.3. The van der Waals surface area contributed by atoms with Gasteiger partial charge < -0.3 is 14.0 Å². The van der Waals surface area contributed by atoms with Crippen LogP contribution in [0, 0.1) is 13.8 Å². The molecule has 4 aromatic rings. The van der Waals surface area contributed by atoms with Gasteiger partial charge in [0.25, 0.3) is 0 Å². The minimum absolute atomic E-state index is 0.660. The largest absolute Gasteiger partial charge is 0.497 e. The molecule has 0 amide bonds. The second kappa shape index (κ2) is 14.8. The number of rotatable bonds is 15. The second-order valence-corrected chi connectivity index (χ2v) is 12.9. The highest BCUT2D eigenvalue weighted by Crippen LogP contribution is 2.27. The molecule has 0 radical (unpaired) electrons. The lowest BCUT2D eigenvalue weighted by Crippen LogP contribution is -2.47. The number of hydrogen-bond acceptors (Lipinski definition) is 3. The maximum Gasteiger partial charge on any atom is 0.127 e. The summed E-state index contributed by atoms with van der Waals surface area (Å²) in [5.74, 6) is 1.65. The first kappa shape index (κ1) is 31.7.